The monoisotopic (exact) mass is 293 g/mol. The van der Waals surface area contributed by atoms with Gasteiger partial charge in [-0.3, -0.25) is 0 Å². The van der Waals surface area contributed by atoms with Gasteiger partial charge in [0, 0.05) is 10.6 Å². The lowest BCUT2D eigenvalue weighted by molar-refractivity contribution is 0.594. The number of allylic oxidation sites excluding steroid dienone is 1. The summed E-state index contributed by atoms with van der Waals surface area (Å²) in [6.07, 6.45) is 2.49. The molecule has 0 spiro atoms. The van der Waals surface area contributed by atoms with Crippen LogP contribution in [0.1, 0.15) is 16.7 Å². The second-order valence-corrected chi connectivity index (χ2v) is 7.10. The first-order valence-corrected chi connectivity index (χ1v) is 8.53. The standard InChI is InChI=1S/C11H12Cl3OSi/c1-4-5-9-8(3)11(12)7(2)6-10(9)15-16(13)14/h4,6H,1,5H2,2-3H3. The zero-order valence-electron chi connectivity index (χ0n) is 9.11. The number of rotatable bonds is 4. The molecule has 5 heteroatoms. The number of hydrogen-bond acceptors (Lipinski definition) is 1. The van der Waals surface area contributed by atoms with E-state index in [1.54, 1.807) is 6.08 Å². The van der Waals surface area contributed by atoms with Crippen LogP contribution in [0.15, 0.2) is 18.7 Å². The van der Waals surface area contributed by atoms with E-state index < -0.39 is 7.66 Å². The molecule has 0 aliphatic carbocycles. The molecule has 0 saturated carbocycles. The van der Waals surface area contributed by atoms with Gasteiger partial charge in [-0.05, 0) is 37.5 Å². The van der Waals surface area contributed by atoms with Crippen LogP contribution < -0.4 is 4.43 Å². The van der Waals surface area contributed by atoms with Gasteiger partial charge in [-0.2, -0.15) is 0 Å². The van der Waals surface area contributed by atoms with E-state index in [0.717, 1.165) is 21.7 Å². The fourth-order valence-electron chi connectivity index (χ4n) is 1.53. The highest BCUT2D eigenvalue weighted by Gasteiger charge is 2.15. The summed E-state index contributed by atoms with van der Waals surface area (Å²) >= 11 is 17.6. The second kappa shape index (κ2) is 5.96. The van der Waals surface area contributed by atoms with E-state index in [1.807, 2.05) is 19.9 Å². The Labute approximate surface area is 112 Å². The van der Waals surface area contributed by atoms with Crippen molar-refractivity contribution in [3.63, 3.8) is 0 Å². The van der Waals surface area contributed by atoms with Gasteiger partial charge in [0.05, 0.1) is 0 Å². The lowest BCUT2D eigenvalue weighted by Gasteiger charge is -2.15. The second-order valence-electron chi connectivity index (χ2n) is 3.43. The smallest absolute Gasteiger partial charge is 0.511 e. The van der Waals surface area contributed by atoms with Crippen molar-refractivity contribution in [2.75, 3.05) is 0 Å². The van der Waals surface area contributed by atoms with Crippen LogP contribution >= 0.6 is 33.8 Å². The molecule has 0 aliphatic heterocycles. The summed E-state index contributed by atoms with van der Waals surface area (Å²) in [7, 11) is -1.81. The first kappa shape index (κ1) is 13.9. The normalized spacial score (nSPS) is 10.6. The summed E-state index contributed by atoms with van der Waals surface area (Å²) in [5.74, 6) is 0.707. The highest BCUT2D eigenvalue weighted by Crippen LogP contribution is 2.33. The van der Waals surface area contributed by atoms with E-state index in [1.165, 1.54) is 0 Å². The molecule has 0 amide bonds. The predicted molar refractivity (Wildman–Crippen MR) is 72.9 cm³/mol. The zero-order chi connectivity index (χ0) is 12.3. The summed E-state index contributed by atoms with van der Waals surface area (Å²) in [6, 6.07) is 1.86. The Balaban J connectivity index is 3.28. The van der Waals surface area contributed by atoms with Crippen molar-refractivity contribution in [3.8, 4) is 5.75 Å². The number of halogens is 3. The average molecular weight is 295 g/mol. The van der Waals surface area contributed by atoms with Gasteiger partial charge < -0.3 is 4.43 Å². The Bertz CT molecular complexity index is 405. The summed E-state index contributed by atoms with van der Waals surface area (Å²) in [5.41, 5.74) is 2.95. The van der Waals surface area contributed by atoms with E-state index in [0.29, 0.717) is 12.2 Å². The molecule has 0 unspecified atom stereocenters. The maximum atomic E-state index is 6.18. The maximum Gasteiger partial charge on any atom is 0.511 e. The van der Waals surface area contributed by atoms with Gasteiger partial charge in [-0.15, -0.1) is 6.58 Å². The molecule has 16 heavy (non-hydrogen) atoms. The van der Waals surface area contributed by atoms with E-state index in [9.17, 15) is 0 Å². The molecule has 1 radical (unpaired) electrons. The quantitative estimate of drug-likeness (QED) is 0.450. The van der Waals surface area contributed by atoms with Crippen molar-refractivity contribution in [1.82, 2.24) is 0 Å². The first-order chi connectivity index (χ1) is 7.47. The van der Waals surface area contributed by atoms with Crippen molar-refractivity contribution in [2.45, 2.75) is 20.3 Å². The van der Waals surface area contributed by atoms with Crippen molar-refractivity contribution < 1.29 is 4.43 Å². The fourth-order valence-corrected chi connectivity index (χ4v) is 2.55. The Morgan fingerprint density at radius 2 is 2.06 bits per heavy atom. The van der Waals surface area contributed by atoms with Crippen LogP contribution in [0, 0.1) is 13.8 Å². The molecule has 1 nitrogen and oxygen atoms in total. The lowest BCUT2D eigenvalue weighted by atomic mass is 10.0. The van der Waals surface area contributed by atoms with Crippen LogP contribution in [0.5, 0.6) is 5.75 Å². The molecule has 0 atom stereocenters. The molecule has 0 saturated heterocycles. The van der Waals surface area contributed by atoms with Crippen LogP contribution in [-0.2, 0) is 6.42 Å². The van der Waals surface area contributed by atoms with Crippen LogP contribution in [0.3, 0.4) is 0 Å². The molecule has 0 aromatic heterocycles. The van der Waals surface area contributed by atoms with Crippen LogP contribution in [0.25, 0.3) is 0 Å². The molecule has 87 valence electrons. The van der Waals surface area contributed by atoms with Gasteiger partial charge in [0.2, 0.25) is 0 Å². The minimum absolute atomic E-state index is 0.685. The van der Waals surface area contributed by atoms with E-state index in [2.05, 4.69) is 6.58 Å². The van der Waals surface area contributed by atoms with Gasteiger partial charge in [-0.1, -0.05) is 39.8 Å². The van der Waals surface area contributed by atoms with Crippen LogP contribution in [-0.4, -0.2) is 7.66 Å². The molecular weight excluding hydrogens is 283 g/mol. The lowest BCUT2D eigenvalue weighted by Crippen LogP contribution is -2.08. The van der Waals surface area contributed by atoms with Crippen molar-refractivity contribution in [2.24, 2.45) is 0 Å². The molecule has 1 aromatic carbocycles. The van der Waals surface area contributed by atoms with Gasteiger partial charge in [0.15, 0.2) is 0 Å². The first-order valence-electron chi connectivity index (χ1n) is 4.72. The van der Waals surface area contributed by atoms with Crippen molar-refractivity contribution in [3.05, 3.63) is 40.4 Å². The Hall–Kier alpha value is -0.153. The Morgan fingerprint density at radius 1 is 1.44 bits per heavy atom. The summed E-state index contributed by atoms with van der Waals surface area (Å²) in [4.78, 5) is 0. The van der Waals surface area contributed by atoms with Crippen molar-refractivity contribution >= 4 is 41.4 Å². The molecule has 1 aromatic rings. The fraction of sp³-hybridized carbons (Fsp3) is 0.273. The van der Waals surface area contributed by atoms with Crippen molar-refractivity contribution in [1.29, 1.82) is 0 Å². The van der Waals surface area contributed by atoms with E-state index in [4.69, 9.17) is 38.2 Å². The molecule has 0 aliphatic rings. The highest BCUT2D eigenvalue weighted by atomic mass is 35.7. The summed E-state index contributed by atoms with van der Waals surface area (Å²) in [5, 5.41) is 0.752. The summed E-state index contributed by atoms with van der Waals surface area (Å²) in [6.45, 7) is 7.59. The maximum absolute atomic E-state index is 6.18. The topological polar surface area (TPSA) is 9.23 Å². The highest BCUT2D eigenvalue weighted by molar-refractivity contribution is 7.31. The number of benzene rings is 1. The van der Waals surface area contributed by atoms with Gasteiger partial charge in [0.25, 0.3) is 0 Å². The number of aryl methyl sites for hydroxylation is 1. The largest absolute Gasteiger partial charge is 0.517 e. The molecule has 0 heterocycles. The van der Waals surface area contributed by atoms with E-state index in [-0.39, 0.29) is 0 Å². The summed E-state index contributed by atoms with van der Waals surface area (Å²) < 4.78 is 5.44. The van der Waals surface area contributed by atoms with Crippen LogP contribution in [0.4, 0.5) is 0 Å². The number of hydrogen-bond donors (Lipinski definition) is 0. The van der Waals surface area contributed by atoms with E-state index >= 15 is 0 Å². The van der Waals surface area contributed by atoms with Gasteiger partial charge >= 0.3 is 7.66 Å². The molecule has 1 rings (SSSR count). The van der Waals surface area contributed by atoms with Crippen LogP contribution in [0.2, 0.25) is 5.02 Å². The predicted octanol–water partition coefficient (Wildman–Crippen LogP) is 4.53. The molecule has 0 bridgehead atoms. The molecule has 0 N–H and O–H groups in total. The average Bonchev–Trinajstić information content (AvgIpc) is 2.20. The SMILES string of the molecule is C=CCc1c(O[Si](Cl)Cl)cc(C)c(Cl)c1C. The minimum atomic E-state index is -1.81. The third kappa shape index (κ3) is 3.17. The minimum Gasteiger partial charge on any atom is -0.517 e. The molecular formula is C11H12Cl3OSi. The third-order valence-electron chi connectivity index (χ3n) is 2.31. The Morgan fingerprint density at radius 3 is 2.56 bits per heavy atom. The van der Waals surface area contributed by atoms with Gasteiger partial charge in [0.1, 0.15) is 5.75 Å². The Kier molecular flexibility index (Phi) is 5.19. The molecule has 0 fully saturated rings. The van der Waals surface area contributed by atoms with Gasteiger partial charge in [-0.25, -0.2) is 0 Å². The third-order valence-corrected chi connectivity index (χ3v) is 3.73. The zero-order valence-corrected chi connectivity index (χ0v) is 12.4.